The molecule has 0 heterocycles. The summed E-state index contributed by atoms with van der Waals surface area (Å²) in [6.45, 7) is 0. The van der Waals surface area contributed by atoms with Gasteiger partial charge >= 0.3 is 0 Å². The predicted molar refractivity (Wildman–Crippen MR) is 68.6 cm³/mol. The molecule has 0 radical (unpaired) electrons. The van der Waals surface area contributed by atoms with Crippen molar-refractivity contribution in [3.63, 3.8) is 0 Å². The summed E-state index contributed by atoms with van der Waals surface area (Å²) in [6.07, 6.45) is 14.2. The van der Waals surface area contributed by atoms with Gasteiger partial charge in [-0.3, -0.25) is 0 Å². The van der Waals surface area contributed by atoms with Gasteiger partial charge in [-0.05, 0) is 74.0 Å². The van der Waals surface area contributed by atoms with Crippen LogP contribution in [0.25, 0.3) is 0 Å². The monoisotopic (exact) mass is 234 g/mol. The van der Waals surface area contributed by atoms with Gasteiger partial charge in [0, 0.05) is 0 Å². The van der Waals surface area contributed by atoms with Crippen LogP contribution in [0.1, 0.15) is 64.2 Å². The second-order valence-electron chi connectivity index (χ2n) is 7.48. The molecule has 6 unspecified atom stereocenters. The Hall–Kier alpha value is -0.0400. The van der Waals surface area contributed by atoms with Crippen molar-refractivity contribution in [2.75, 3.05) is 0 Å². The molecule has 5 fully saturated rings. The van der Waals surface area contributed by atoms with Crippen LogP contribution in [0.15, 0.2) is 0 Å². The topological polar surface area (TPSA) is 20.2 Å². The minimum atomic E-state index is 0.0582. The molecule has 0 aliphatic heterocycles. The van der Waals surface area contributed by atoms with Gasteiger partial charge in [0.05, 0.1) is 6.10 Å². The van der Waals surface area contributed by atoms with Gasteiger partial charge in [0.25, 0.3) is 0 Å². The maximum Gasteiger partial charge on any atom is 0.0601 e. The van der Waals surface area contributed by atoms with Crippen molar-refractivity contribution in [2.24, 2.45) is 29.1 Å². The van der Waals surface area contributed by atoms with E-state index in [0.29, 0.717) is 5.41 Å². The van der Waals surface area contributed by atoms with Crippen molar-refractivity contribution >= 4 is 0 Å². The van der Waals surface area contributed by atoms with Crippen molar-refractivity contribution in [1.29, 1.82) is 0 Å². The summed E-state index contributed by atoms with van der Waals surface area (Å²) in [6, 6.07) is 0. The third-order valence-electron chi connectivity index (χ3n) is 7.03. The van der Waals surface area contributed by atoms with Crippen molar-refractivity contribution in [2.45, 2.75) is 70.3 Å². The van der Waals surface area contributed by atoms with Crippen LogP contribution < -0.4 is 0 Å². The molecule has 6 atom stereocenters. The minimum Gasteiger partial charge on any atom is -0.393 e. The van der Waals surface area contributed by atoms with Gasteiger partial charge in [-0.25, -0.2) is 0 Å². The van der Waals surface area contributed by atoms with Crippen molar-refractivity contribution in [3.05, 3.63) is 0 Å². The lowest BCUT2D eigenvalue weighted by atomic mass is 9.44. The molecule has 5 aliphatic carbocycles. The third-order valence-corrected chi connectivity index (χ3v) is 7.03. The highest BCUT2D eigenvalue weighted by atomic mass is 16.3. The van der Waals surface area contributed by atoms with Gasteiger partial charge in [-0.1, -0.05) is 19.3 Å². The van der Waals surface area contributed by atoms with Crippen LogP contribution in [0.4, 0.5) is 0 Å². The molecule has 0 saturated heterocycles. The van der Waals surface area contributed by atoms with Gasteiger partial charge in [0.1, 0.15) is 0 Å². The van der Waals surface area contributed by atoms with Gasteiger partial charge in [0.15, 0.2) is 0 Å². The molecule has 0 aromatic heterocycles. The smallest absolute Gasteiger partial charge is 0.0601 e. The lowest BCUT2D eigenvalue weighted by Crippen LogP contribution is -2.57. The normalized spacial score (nSPS) is 57.4. The Bertz CT molecular complexity index is 313. The Morgan fingerprint density at radius 1 is 0.882 bits per heavy atom. The predicted octanol–water partition coefficient (Wildman–Crippen LogP) is 3.75. The largest absolute Gasteiger partial charge is 0.393 e. The number of fused-ring (bicyclic) bond motifs is 3. The number of hydrogen-bond donors (Lipinski definition) is 1. The molecule has 5 aliphatic rings. The van der Waals surface area contributed by atoms with E-state index in [1.54, 1.807) is 0 Å². The van der Waals surface area contributed by atoms with E-state index in [9.17, 15) is 5.11 Å². The molecule has 5 saturated carbocycles. The number of aliphatic hydroxyl groups excluding tert-OH is 1. The zero-order valence-electron chi connectivity index (χ0n) is 10.9. The Balaban J connectivity index is 1.67. The molecule has 17 heavy (non-hydrogen) atoms. The first-order chi connectivity index (χ1) is 8.29. The highest BCUT2D eigenvalue weighted by Crippen LogP contribution is 2.64. The maximum atomic E-state index is 10.6. The van der Waals surface area contributed by atoms with Crippen molar-refractivity contribution < 1.29 is 5.11 Å². The highest BCUT2D eigenvalue weighted by Gasteiger charge is 2.58. The first-order valence-corrected chi connectivity index (χ1v) is 7.98. The quantitative estimate of drug-likeness (QED) is 0.676. The second kappa shape index (κ2) is 3.73. The average molecular weight is 234 g/mol. The molecule has 0 aromatic carbocycles. The molecule has 0 aromatic rings. The van der Waals surface area contributed by atoms with Crippen LogP contribution in [0, 0.1) is 29.1 Å². The molecule has 1 spiro atoms. The van der Waals surface area contributed by atoms with E-state index in [4.69, 9.17) is 0 Å². The fourth-order valence-corrected chi connectivity index (χ4v) is 6.20. The fraction of sp³-hybridized carbons (Fsp3) is 1.00. The standard InChI is InChI=1S/C16H26O/c17-15-10-11-5-7-16(15)8-6-12-3-1-2-4-13(12)14(16)9-11/h11-15,17H,1-10H2. The van der Waals surface area contributed by atoms with Crippen LogP contribution in [0.2, 0.25) is 0 Å². The molecular formula is C16H26O. The SMILES string of the molecule is OC1CC2CCC13CCC1CCCCC1C3C2. The van der Waals surface area contributed by atoms with Crippen LogP contribution in [-0.4, -0.2) is 11.2 Å². The Labute approximate surface area is 105 Å². The van der Waals surface area contributed by atoms with E-state index >= 15 is 0 Å². The number of rotatable bonds is 0. The van der Waals surface area contributed by atoms with E-state index in [-0.39, 0.29) is 6.10 Å². The minimum absolute atomic E-state index is 0.0582. The van der Waals surface area contributed by atoms with Gasteiger partial charge in [-0.2, -0.15) is 0 Å². The average Bonchev–Trinajstić information content (AvgIpc) is 2.38. The fourth-order valence-electron chi connectivity index (χ4n) is 6.20. The summed E-state index contributed by atoms with van der Waals surface area (Å²) in [4.78, 5) is 0. The molecular weight excluding hydrogens is 208 g/mol. The molecule has 5 rings (SSSR count). The van der Waals surface area contributed by atoms with E-state index in [2.05, 4.69) is 0 Å². The molecule has 1 N–H and O–H groups in total. The zero-order chi connectivity index (χ0) is 11.5. The summed E-state index contributed by atoms with van der Waals surface area (Å²) < 4.78 is 0. The molecule has 1 nitrogen and oxygen atoms in total. The lowest BCUT2D eigenvalue weighted by Gasteiger charge is -2.62. The summed E-state index contributed by atoms with van der Waals surface area (Å²) in [5.41, 5.74) is 0.382. The third kappa shape index (κ3) is 1.41. The van der Waals surface area contributed by atoms with E-state index in [1.165, 1.54) is 57.8 Å². The summed E-state index contributed by atoms with van der Waals surface area (Å²) >= 11 is 0. The zero-order valence-corrected chi connectivity index (χ0v) is 10.9. The molecule has 2 bridgehead atoms. The molecule has 96 valence electrons. The van der Waals surface area contributed by atoms with Crippen molar-refractivity contribution in [3.8, 4) is 0 Å². The van der Waals surface area contributed by atoms with Gasteiger partial charge in [0.2, 0.25) is 0 Å². The van der Waals surface area contributed by atoms with E-state index in [1.807, 2.05) is 0 Å². The van der Waals surface area contributed by atoms with Crippen LogP contribution in [0.5, 0.6) is 0 Å². The summed E-state index contributed by atoms with van der Waals surface area (Å²) in [5.74, 6) is 3.81. The van der Waals surface area contributed by atoms with Gasteiger partial charge < -0.3 is 5.11 Å². The number of aliphatic hydroxyl groups is 1. The van der Waals surface area contributed by atoms with E-state index in [0.717, 1.165) is 30.1 Å². The first kappa shape index (κ1) is 10.8. The Morgan fingerprint density at radius 3 is 2.59 bits per heavy atom. The van der Waals surface area contributed by atoms with Crippen LogP contribution in [-0.2, 0) is 0 Å². The lowest BCUT2D eigenvalue weighted by molar-refractivity contribution is -0.172. The molecule has 0 amide bonds. The molecule has 1 heteroatoms. The summed E-state index contributed by atoms with van der Waals surface area (Å²) in [5, 5.41) is 10.6. The Kier molecular flexibility index (Phi) is 2.38. The summed E-state index contributed by atoms with van der Waals surface area (Å²) in [7, 11) is 0. The van der Waals surface area contributed by atoms with Crippen LogP contribution in [0.3, 0.4) is 0 Å². The first-order valence-electron chi connectivity index (χ1n) is 7.98. The highest BCUT2D eigenvalue weighted by molar-refractivity contribution is 5.08. The van der Waals surface area contributed by atoms with Crippen molar-refractivity contribution in [1.82, 2.24) is 0 Å². The van der Waals surface area contributed by atoms with Gasteiger partial charge in [-0.15, -0.1) is 0 Å². The second-order valence-corrected chi connectivity index (χ2v) is 7.48. The number of hydrogen-bond acceptors (Lipinski definition) is 1. The van der Waals surface area contributed by atoms with Crippen LogP contribution >= 0.6 is 0 Å². The Morgan fingerprint density at radius 2 is 1.71 bits per heavy atom. The maximum absolute atomic E-state index is 10.6. The van der Waals surface area contributed by atoms with E-state index < -0.39 is 0 Å².